The van der Waals surface area contributed by atoms with Crippen molar-refractivity contribution in [2.45, 2.75) is 33.6 Å². The molecule has 0 atom stereocenters. The molecule has 1 amide bonds. The Balaban J connectivity index is 2.01. The van der Waals surface area contributed by atoms with Gasteiger partial charge in [0.25, 0.3) is 5.91 Å². The number of carboxylic acid groups (broad SMARTS) is 1. The average Bonchev–Trinajstić information content (AvgIpc) is 2.54. The van der Waals surface area contributed by atoms with Crippen LogP contribution in [0.3, 0.4) is 0 Å². The number of rotatable bonds is 6. The van der Waals surface area contributed by atoms with Crippen LogP contribution >= 0.6 is 0 Å². The number of benzene rings is 2. The van der Waals surface area contributed by atoms with Crippen LogP contribution < -0.4 is 10.1 Å². The van der Waals surface area contributed by atoms with E-state index in [0.29, 0.717) is 17.4 Å². The highest BCUT2D eigenvalue weighted by molar-refractivity contribution is 5.95. The van der Waals surface area contributed by atoms with Crippen LogP contribution in [0.25, 0.3) is 0 Å². The van der Waals surface area contributed by atoms with Crippen molar-refractivity contribution in [3.05, 3.63) is 58.7 Å². The van der Waals surface area contributed by atoms with Gasteiger partial charge in [-0.3, -0.25) is 4.79 Å². The quantitative estimate of drug-likeness (QED) is 0.828. The molecule has 25 heavy (non-hydrogen) atoms. The summed E-state index contributed by atoms with van der Waals surface area (Å²) in [5, 5.41) is 11.7. The van der Waals surface area contributed by atoms with E-state index in [-0.39, 0.29) is 18.1 Å². The van der Waals surface area contributed by atoms with Crippen LogP contribution in [0.5, 0.6) is 5.75 Å². The molecular formula is C20H23NO4. The fraction of sp³-hybridized carbons (Fsp3) is 0.300. The lowest BCUT2D eigenvalue weighted by atomic mass is 9.98. The Hall–Kier alpha value is -2.82. The number of hydrogen-bond acceptors (Lipinski definition) is 3. The second-order valence-electron chi connectivity index (χ2n) is 6.34. The molecule has 0 aliphatic rings. The minimum Gasteiger partial charge on any atom is -0.484 e. The molecule has 5 nitrogen and oxygen atoms in total. The van der Waals surface area contributed by atoms with E-state index in [0.717, 1.165) is 11.1 Å². The third kappa shape index (κ3) is 4.83. The molecule has 0 heterocycles. The molecule has 132 valence electrons. The zero-order valence-electron chi connectivity index (χ0n) is 14.9. The number of carbonyl (C=O) groups excluding carboxylic acids is 1. The Morgan fingerprint density at radius 2 is 1.80 bits per heavy atom. The molecule has 0 unspecified atom stereocenters. The molecule has 0 saturated heterocycles. The summed E-state index contributed by atoms with van der Waals surface area (Å²) in [4.78, 5) is 23.1. The molecule has 2 aromatic carbocycles. The fourth-order valence-electron chi connectivity index (χ4n) is 2.61. The minimum absolute atomic E-state index is 0.127. The number of aryl methyl sites for hydroxylation is 2. The number of hydrogen-bond donors (Lipinski definition) is 2. The van der Waals surface area contributed by atoms with Crippen molar-refractivity contribution in [1.82, 2.24) is 0 Å². The lowest BCUT2D eigenvalue weighted by molar-refractivity contribution is -0.118. The number of carboxylic acids is 1. The number of amides is 1. The first-order chi connectivity index (χ1) is 11.8. The van der Waals surface area contributed by atoms with Crippen LogP contribution in [-0.4, -0.2) is 23.6 Å². The summed E-state index contributed by atoms with van der Waals surface area (Å²) in [5.41, 5.74) is 3.76. The molecule has 2 N–H and O–H groups in total. The predicted molar refractivity (Wildman–Crippen MR) is 97.5 cm³/mol. The van der Waals surface area contributed by atoms with Gasteiger partial charge in [0.05, 0.1) is 5.56 Å². The highest BCUT2D eigenvalue weighted by Crippen LogP contribution is 2.23. The molecule has 0 bridgehead atoms. The van der Waals surface area contributed by atoms with E-state index in [1.807, 2.05) is 25.1 Å². The molecule has 0 aliphatic carbocycles. The van der Waals surface area contributed by atoms with E-state index in [2.05, 4.69) is 19.2 Å². The summed E-state index contributed by atoms with van der Waals surface area (Å²) in [5.74, 6) is -0.307. The van der Waals surface area contributed by atoms with Crippen molar-refractivity contribution in [3.8, 4) is 5.75 Å². The number of aromatic carboxylic acids is 1. The first-order valence-electron chi connectivity index (χ1n) is 8.15. The van der Waals surface area contributed by atoms with Gasteiger partial charge < -0.3 is 15.2 Å². The summed E-state index contributed by atoms with van der Waals surface area (Å²) in [6, 6.07) is 10.4. The molecule has 2 aromatic rings. The van der Waals surface area contributed by atoms with E-state index in [9.17, 15) is 9.59 Å². The number of ether oxygens (including phenoxy) is 1. The van der Waals surface area contributed by atoms with Crippen molar-refractivity contribution < 1.29 is 19.4 Å². The summed E-state index contributed by atoms with van der Waals surface area (Å²) < 4.78 is 5.54. The summed E-state index contributed by atoms with van der Waals surface area (Å²) in [6.45, 7) is 7.93. The van der Waals surface area contributed by atoms with Crippen LogP contribution in [0.1, 0.15) is 46.8 Å². The first-order valence-corrected chi connectivity index (χ1v) is 8.15. The standard InChI is InChI=1S/C20H23NO4/c1-12(2)17-8-7-16(9-14(17)4)25-11-19(22)21-18-10-15(20(23)24)6-5-13(18)3/h5-10,12H,11H2,1-4H3,(H,21,22)(H,23,24). The largest absolute Gasteiger partial charge is 0.484 e. The van der Waals surface area contributed by atoms with Gasteiger partial charge in [-0.25, -0.2) is 4.79 Å². The van der Waals surface area contributed by atoms with Gasteiger partial charge in [-0.05, 0) is 60.7 Å². The first kappa shape index (κ1) is 18.5. The molecular weight excluding hydrogens is 318 g/mol. The normalized spacial score (nSPS) is 10.6. The maximum Gasteiger partial charge on any atom is 0.335 e. The molecule has 0 aliphatic heterocycles. The Morgan fingerprint density at radius 3 is 2.40 bits per heavy atom. The van der Waals surface area contributed by atoms with Crippen molar-refractivity contribution >= 4 is 17.6 Å². The maximum atomic E-state index is 12.1. The summed E-state index contributed by atoms with van der Waals surface area (Å²) in [6.07, 6.45) is 0. The van der Waals surface area contributed by atoms with E-state index < -0.39 is 5.97 Å². The van der Waals surface area contributed by atoms with Crippen LogP contribution in [-0.2, 0) is 4.79 Å². The molecule has 5 heteroatoms. The second kappa shape index (κ2) is 7.83. The Labute approximate surface area is 147 Å². The predicted octanol–water partition coefficient (Wildman–Crippen LogP) is 4.14. The SMILES string of the molecule is Cc1ccc(C(=O)O)cc1NC(=O)COc1ccc(C(C)C)c(C)c1. The van der Waals surface area contributed by atoms with Crippen LogP contribution in [0.4, 0.5) is 5.69 Å². The van der Waals surface area contributed by atoms with Crippen LogP contribution in [0, 0.1) is 13.8 Å². The average molecular weight is 341 g/mol. The molecule has 2 rings (SSSR count). The lowest BCUT2D eigenvalue weighted by Crippen LogP contribution is -2.21. The highest BCUT2D eigenvalue weighted by Gasteiger charge is 2.10. The van der Waals surface area contributed by atoms with Crippen LogP contribution in [0.15, 0.2) is 36.4 Å². The molecule has 0 fully saturated rings. The zero-order valence-corrected chi connectivity index (χ0v) is 14.9. The topological polar surface area (TPSA) is 75.6 Å². The highest BCUT2D eigenvalue weighted by atomic mass is 16.5. The van der Waals surface area contributed by atoms with Gasteiger partial charge >= 0.3 is 5.97 Å². The molecule has 0 radical (unpaired) electrons. The number of carbonyl (C=O) groups is 2. The third-order valence-corrected chi connectivity index (χ3v) is 3.99. The smallest absolute Gasteiger partial charge is 0.335 e. The maximum absolute atomic E-state index is 12.1. The van der Waals surface area contributed by atoms with E-state index in [4.69, 9.17) is 9.84 Å². The molecule has 0 saturated carbocycles. The minimum atomic E-state index is -1.03. The number of nitrogens with one attached hydrogen (secondary N) is 1. The monoisotopic (exact) mass is 341 g/mol. The zero-order chi connectivity index (χ0) is 18.6. The van der Waals surface area contributed by atoms with Gasteiger partial charge in [0, 0.05) is 5.69 Å². The van der Waals surface area contributed by atoms with E-state index >= 15 is 0 Å². The van der Waals surface area contributed by atoms with Crippen molar-refractivity contribution in [3.63, 3.8) is 0 Å². The van der Waals surface area contributed by atoms with Gasteiger partial charge in [0.15, 0.2) is 6.61 Å². The second-order valence-corrected chi connectivity index (χ2v) is 6.34. The summed E-state index contributed by atoms with van der Waals surface area (Å²) >= 11 is 0. The van der Waals surface area contributed by atoms with Crippen LogP contribution in [0.2, 0.25) is 0 Å². The molecule has 0 aromatic heterocycles. The van der Waals surface area contributed by atoms with E-state index in [1.54, 1.807) is 13.0 Å². The van der Waals surface area contributed by atoms with Gasteiger partial charge in [0.1, 0.15) is 5.75 Å². The van der Waals surface area contributed by atoms with Gasteiger partial charge in [-0.1, -0.05) is 26.0 Å². The Kier molecular flexibility index (Phi) is 5.80. The lowest BCUT2D eigenvalue weighted by Gasteiger charge is -2.13. The molecule has 0 spiro atoms. The fourth-order valence-corrected chi connectivity index (χ4v) is 2.61. The Morgan fingerprint density at radius 1 is 1.08 bits per heavy atom. The van der Waals surface area contributed by atoms with Gasteiger partial charge in [-0.15, -0.1) is 0 Å². The number of anilines is 1. The third-order valence-electron chi connectivity index (χ3n) is 3.99. The van der Waals surface area contributed by atoms with Gasteiger partial charge in [-0.2, -0.15) is 0 Å². The summed E-state index contributed by atoms with van der Waals surface area (Å²) in [7, 11) is 0. The van der Waals surface area contributed by atoms with Crippen molar-refractivity contribution in [2.24, 2.45) is 0 Å². The van der Waals surface area contributed by atoms with Gasteiger partial charge in [0.2, 0.25) is 0 Å². The van der Waals surface area contributed by atoms with Crippen molar-refractivity contribution in [2.75, 3.05) is 11.9 Å². The van der Waals surface area contributed by atoms with E-state index in [1.165, 1.54) is 17.7 Å². The Bertz CT molecular complexity index is 796. The van der Waals surface area contributed by atoms with Crippen molar-refractivity contribution in [1.29, 1.82) is 0 Å².